The molecule has 0 radical (unpaired) electrons. The van der Waals surface area contributed by atoms with E-state index in [-0.39, 0.29) is 11.2 Å². The highest BCUT2D eigenvalue weighted by Gasteiger charge is 2.12. The van der Waals surface area contributed by atoms with Gasteiger partial charge in [0.2, 0.25) is 0 Å². The van der Waals surface area contributed by atoms with Crippen LogP contribution < -0.4 is 16.9 Å². The maximum absolute atomic E-state index is 11.3. The van der Waals surface area contributed by atoms with Gasteiger partial charge in [-0.1, -0.05) is 6.58 Å². The predicted octanol–water partition coefficient (Wildman–Crippen LogP) is -1.24. The molecule has 2 aromatic heterocycles. The number of nitrogens with zero attached hydrogens (tertiary/aromatic N) is 2. The summed E-state index contributed by atoms with van der Waals surface area (Å²) < 4.78 is 0.298. The number of imidazole rings is 1. The number of carbonyl (C=O) groups excluding carboxylic acids is 1. The van der Waals surface area contributed by atoms with E-state index in [1.54, 1.807) is 0 Å². The number of nitrogens with one attached hydrogen (secondary N) is 3. The Bertz CT molecular complexity index is 791. The molecule has 3 N–H and O–H groups in total. The molecule has 2 rings (SSSR count). The molecule has 2 aromatic rings. The van der Waals surface area contributed by atoms with Crippen LogP contribution in [0.15, 0.2) is 27.0 Å². The number of rotatable bonds is 1. The average molecular weight is 249 g/mol. The fraction of sp³-hybridized carbons (Fsp3) is 0. The smallest absolute Gasteiger partial charge is 0.300 e. The van der Waals surface area contributed by atoms with Crippen LogP contribution in [0.2, 0.25) is 0 Å². The maximum atomic E-state index is 11.3. The van der Waals surface area contributed by atoms with Gasteiger partial charge >= 0.3 is 16.9 Å². The summed E-state index contributed by atoms with van der Waals surface area (Å²) in [7, 11) is 0. The fourth-order valence-corrected chi connectivity index (χ4v) is 1.09. The fourth-order valence-electron chi connectivity index (χ4n) is 1.09. The van der Waals surface area contributed by atoms with Crippen LogP contribution in [0.1, 0.15) is 0 Å². The molecule has 9 nitrogen and oxygen atoms in total. The minimum Gasteiger partial charge on any atom is -0.300 e. The van der Waals surface area contributed by atoms with Gasteiger partial charge in [0, 0.05) is 0 Å². The molecule has 0 unspecified atom stereocenters. The second kappa shape index (κ2) is 5.26. The van der Waals surface area contributed by atoms with Gasteiger partial charge in [0.05, 0.1) is 4.68 Å². The normalized spacial score (nSPS) is 9.06. The molecule has 92 valence electrons. The van der Waals surface area contributed by atoms with Crippen LogP contribution in [-0.2, 0) is 4.79 Å². The topological polar surface area (TPSA) is 125 Å². The lowest BCUT2D eigenvalue weighted by Crippen LogP contribution is -2.30. The molecule has 0 saturated carbocycles. The zero-order valence-electron chi connectivity index (χ0n) is 8.89. The molecular weight excluding hydrogens is 242 g/mol. The van der Waals surface area contributed by atoms with E-state index in [4.69, 9.17) is 11.4 Å². The molecular formula is C9H7N5O4. The van der Waals surface area contributed by atoms with Crippen LogP contribution in [-0.4, -0.2) is 25.9 Å². The second-order valence-corrected chi connectivity index (χ2v) is 2.85. The third kappa shape index (κ3) is 2.33. The van der Waals surface area contributed by atoms with Crippen molar-refractivity contribution < 1.29 is 4.79 Å². The van der Waals surface area contributed by atoms with Crippen LogP contribution >= 0.6 is 0 Å². The zero-order valence-corrected chi connectivity index (χ0v) is 8.89. The van der Waals surface area contributed by atoms with Gasteiger partial charge in [0.25, 0.3) is 0 Å². The van der Waals surface area contributed by atoms with Crippen molar-refractivity contribution in [2.24, 2.45) is 0 Å². The minimum atomic E-state index is -0.882. The van der Waals surface area contributed by atoms with Crippen molar-refractivity contribution >= 4 is 17.5 Å². The number of H-pyrrole nitrogens is 3. The molecule has 0 saturated heterocycles. The Morgan fingerprint density at radius 3 is 2.33 bits per heavy atom. The van der Waals surface area contributed by atoms with E-state index in [0.29, 0.717) is 11.0 Å². The molecule has 0 aliphatic heterocycles. The molecule has 0 spiro atoms. The number of hydrogen-bond acceptors (Lipinski definition) is 4. The first-order valence-corrected chi connectivity index (χ1v) is 4.46. The molecule has 0 atom stereocenters. The summed E-state index contributed by atoms with van der Waals surface area (Å²) in [6.07, 6.45) is 1.83. The van der Waals surface area contributed by atoms with Crippen LogP contribution in [0.25, 0.3) is 16.1 Å². The van der Waals surface area contributed by atoms with Crippen molar-refractivity contribution in [1.82, 2.24) is 19.6 Å². The Morgan fingerprint density at radius 2 is 1.83 bits per heavy atom. The maximum Gasteiger partial charge on any atom is 0.398 e. The summed E-state index contributed by atoms with van der Waals surface area (Å²) in [5, 5.41) is 0. The van der Waals surface area contributed by atoms with Crippen molar-refractivity contribution in [2.75, 3.05) is 0 Å². The molecule has 0 bridgehead atoms. The van der Waals surface area contributed by atoms with Gasteiger partial charge in [-0.3, -0.25) is 24.5 Å². The SMILES string of the molecule is C=CC=O.[C-]#[N+]n1c(=O)[nH]c2[nH]c(=O)[nH]c2c1=O. The number of hydrogen-bond donors (Lipinski definition) is 3. The van der Waals surface area contributed by atoms with E-state index < -0.39 is 16.9 Å². The van der Waals surface area contributed by atoms with E-state index in [9.17, 15) is 14.4 Å². The summed E-state index contributed by atoms with van der Waals surface area (Å²) in [5.41, 5.74) is -2.48. The van der Waals surface area contributed by atoms with Crippen molar-refractivity contribution in [3.05, 3.63) is 55.5 Å². The van der Waals surface area contributed by atoms with E-state index in [0.717, 1.165) is 0 Å². The van der Waals surface area contributed by atoms with E-state index in [1.165, 1.54) is 6.08 Å². The number of aromatic nitrogens is 4. The van der Waals surface area contributed by atoms with Gasteiger partial charge in [-0.25, -0.2) is 9.59 Å². The Balaban J connectivity index is 0.000000357. The summed E-state index contributed by atoms with van der Waals surface area (Å²) >= 11 is 0. The van der Waals surface area contributed by atoms with Crippen molar-refractivity contribution in [3.63, 3.8) is 0 Å². The van der Waals surface area contributed by atoms with Gasteiger partial charge in [-0.2, -0.15) is 6.57 Å². The molecule has 9 heteroatoms. The van der Waals surface area contributed by atoms with Gasteiger partial charge in [-0.05, 0) is 6.08 Å². The number of carbonyl (C=O) groups is 1. The minimum absolute atomic E-state index is 0.00935. The lowest BCUT2D eigenvalue weighted by atomic mass is 10.5. The third-order valence-electron chi connectivity index (χ3n) is 1.75. The molecule has 0 aromatic carbocycles. The molecule has 18 heavy (non-hydrogen) atoms. The Morgan fingerprint density at radius 1 is 1.22 bits per heavy atom. The first-order chi connectivity index (χ1) is 8.54. The summed E-state index contributed by atoms with van der Waals surface area (Å²) in [6, 6.07) is 0. The number of aromatic amines is 3. The highest BCUT2D eigenvalue weighted by Crippen LogP contribution is 1.91. The molecule has 0 amide bonds. The molecule has 0 aliphatic rings. The number of fused-ring (bicyclic) bond motifs is 1. The van der Waals surface area contributed by atoms with Crippen molar-refractivity contribution in [3.8, 4) is 0 Å². The summed E-state index contributed by atoms with van der Waals surface area (Å²) in [4.78, 5) is 51.5. The molecule has 0 aliphatic carbocycles. The molecule has 0 fully saturated rings. The highest BCUT2D eigenvalue weighted by molar-refractivity contribution is 5.67. The Labute approximate surface area is 98.2 Å². The summed E-state index contributed by atoms with van der Waals surface area (Å²) in [6.45, 7) is 9.68. The Hall–Kier alpha value is -3.15. The van der Waals surface area contributed by atoms with Crippen molar-refractivity contribution in [1.29, 1.82) is 0 Å². The van der Waals surface area contributed by atoms with Crippen molar-refractivity contribution in [2.45, 2.75) is 0 Å². The van der Waals surface area contributed by atoms with E-state index >= 15 is 0 Å². The average Bonchev–Trinajstić information content (AvgIpc) is 2.71. The highest BCUT2D eigenvalue weighted by atomic mass is 16.2. The third-order valence-corrected chi connectivity index (χ3v) is 1.75. The largest absolute Gasteiger partial charge is 0.398 e. The van der Waals surface area contributed by atoms with E-state index in [1.807, 2.05) is 0 Å². The monoisotopic (exact) mass is 249 g/mol. The van der Waals surface area contributed by atoms with E-state index in [2.05, 4.69) is 26.5 Å². The van der Waals surface area contributed by atoms with Gasteiger partial charge < -0.3 is 0 Å². The van der Waals surface area contributed by atoms with Crippen LogP contribution in [0.3, 0.4) is 0 Å². The van der Waals surface area contributed by atoms with Gasteiger partial charge in [-0.15, -0.1) is 4.95 Å². The summed E-state index contributed by atoms with van der Waals surface area (Å²) in [5.74, 6) is 0. The first kappa shape index (κ1) is 12.9. The standard InChI is InChI=1S/C6H3N5O3.C3H4O/c1-7-11-4(12)2-3(10-6(11)14)9-5(13)8-2;1-2-3-4/h(H,10,14)(H2,8,9,13);2-3H,1H2. The van der Waals surface area contributed by atoms with Crippen LogP contribution in [0.5, 0.6) is 0 Å². The number of allylic oxidation sites excluding steroid dienone is 1. The van der Waals surface area contributed by atoms with Gasteiger partial charge in [0.1, 0.15) is 11.9 Å². The quantitative estimate of drug-likeness (QED) is 0.332. The van der Waals surface area contributed by atoms with Crippen LogP contribution in [0, 0.1) is 6.57 Å². The first-order valence-electron chi connectivity index (χ1n) is 4.46. The zero-order chi connectivity index (χ0) is 13.7. The van der Waals surface area contributed by atoms with Gasteiger partial charge in [0.15, 0.2) is 5.52 Å². The Kier molecular flexibility index (Phi) is 3.78. The second-order valence-electron chi connectivity index (χ2n) is 2.85. The number of aldehydes is 1. The van der Waals surface area contributed by atoms with Crippen LogP contribution in [0.4, 0.5) is 0 Å². The molecule has 2 heterocycles. The predicted molar refractivity (Wildman–Crippen MR) is 62.1 cm³/mol. The lowest BCUT2D eigenvalue weighted by molar-refractivity contribution is -0.104. The lowest BCUT2D eigenvalue weighted by Gasteiger charge is -1.87.